The van der Waals surface area contributed by atoms with E-state index in [4.69, 9.17) is 9.84 Å². The zero-order valence-electron chi connectivity index (χ0n) is 11.6. The van der Waals surface area contributed by atoms with Crippen LogP contribution in [0.3, 0.4) is 0 Å². The van der Waals surface area contributed by atoms with E-state index < -0.39 is 5.97 Å². The number of carbonyl (C=O) groups is 2. The number of likely N-dealkylation sites (tertiary alicyclic amines) is 1. The predicted molar refractivity (Wildman–Crippen MR) is 67.2 cm³/mol. The van der Waals surface area contributed by atoms with Gasteiger partial charge in [0.15, 0.2) is 0 Å². The van der Waals surface area contributed by atoms with Crippen LogP contribution >= 0.6 is 0 Å². The first-order chi connectivity index (χ1) is 8.23. The number of carboxylic acids is 1. The molecule has 1 rings (SSSR count). The van der Waals surface area contributed by atoms with Crippen LogP contribution in [0, 0.1) is 5.41 Å². The molecule has 2 unspecified atom stereocenters. The van der Waals surface area contributed by atoms with Crippen molar-refractivity contribution in [2.75, 3.05) is 13.7 Å². The zero-order valence-corrected chi connectivity index (χ0v) is 11.6. The summed E-state index contributed by atoms with van der Waals surface area (Å²) < 4.78 is 5.25. The summed E-state index contributed by atoms with van der Waals surface area (Å²) in [5.74, 6) is -0.849. The fraction of sp³-hybridized carbons (Fsp3) is 0.846. The van der Waals surface area contributed by atoms with Gasteiger partial charge in [-0.1, -0.05) is 20.8 Å². The number of amides is 1. The van der Waals surface area contributed by atoms with E-state index in [-0.39, 0.29) is 29.9 Å². The second-order valence-electron chi connectivity index (χ2n) is 6.13. The molecule has 1 saturated heterocycles. The maximum atomic E-state index is 12.2. The van der Waals surface area contributed by atoms with Crippen LogP contribution in [-0.2, 0) is 14.3 Å². The van der Waals surface area contributed by atoms with E-state index >= 15 is 0 Å². The molecule has 0 radical (unpaired) electrons. The average Bonchev–Trinajstić information content (AvgIpc) is 2.57. The molecule has 18 heavy (non-hydrogen) atoms. The van der Waals surface area contributed by atoms with Crippen LogP contribution in [0.15, 0.2) is 0 Å². The summed E-state index contributed by atoms with van der Waals surface area (Å²) in [6, 6.07) is -0.234. The lowest BCUT2D eigenvalue weighted by Gasteiger charge is -2.27. The lowest BCUT2D eigenvalue weighted by molar-refractivity contribution is -0.140. The third-order valence-electron chi connectivity index (χ3n) is 3.12. The van der Waals surface area contributed by atoms with Gasteiger partial charge in [0.25, 0.3) is 0 Å². The number of ether oxygens (including phenoxy) is 1. The molecule has 1 N–H and O–H groups in total. The molecule has 1 aliphatic rings. The molecule has 104 valence electrons. The van der Waals surface area contributed by atoms with Crippen molar-refractivity contribution in [2.45, 2.75) is 52.2 Å². The van der Waals surface area contributed by atoms with Crippen LogP contribution in [0.2, 0.25) is 0 Å². The van der Waals surface area contributed by atoms with E-state index in [0.29, 0.717) is 19.4 Å². The third-order valence-corrected chi connectivity index (χ3v) is 3.12. The minimum Gasteiger partial charge on any atom is -0.481 e. The lowest BCUT2D eigenvalue weighted by atomic mass is 9.91. The van der Waals surface area contributed by atoms with Gasteiger partial charge in [-0.05, 0) is 11.8 Å². The Bertz CT molecular complexity index is 321. The highest BCUT2D eigenvalue weighted by molar-refractivity contribution is 5.78. The maximum absolute atomic E-state index is 12.2. The first-order valence-corrected chi connectivity index (χ1v) is 6.27. The van der Waals surface area contributed by atoms with Crippen molar-refractivity contribution in [1.29, 1.82) is 0 Å². The van der Waals surface area contributed by atoms with Crippen molar-refractivity contribution < 1.29 is 19.4 Å². The molecular weight excluding hydrogens is 234 g/mol. The van der Waals surface area contributed by atoms with E-state index in [0.717, 1.165) is 0 Å². The van der Waals surface area contributed by atoms with Gasteiger partial charge < -0.3 is 14.7 Å². The fourth-order valence-electron chi connectivity index (χ4n) is 2.30. The summed E-state index contributed by atoms with van der Waals surface area (Å²) in [5.41, 5.74) is -0.0873. The molecule has 0 aromatic heterocycles. The number of carboxylic acid groups (broad SMARTS) is 1. The van der Waals surface area contributed by atoms with E-state index in [2.05, 4.69) is 0 Å². The largest absolute Gasteiger partial charge is 0.481 e. The quantitative estimate of drug-likeness (QED) is 0.829. The molecule has 0 spiro atoms. The summed E-state index contributed by atoms with van der Waals surface area (Å²) in [4.78, 5) is 24.7. The molecule has 0 aromatic carbocycles. The van der Waals surface area contributed by atoms with E-state index in [9.17, 15) is 9.59 Å². The Kier molecular flexibility index (Phi) is 4.73. The van der Waals surface area contributed by atoms with Crippen LogP contribution < -0.4 is 0 Å². The normalized spacial score (nSPS) is 24.3. The van der Waals surface area contributed by atoms with Crippen LogP contribution in [0.5, 0.6) is 0 Å². The topological polar surface area (TPSA) is 66.8 Å². The number of carbonyl (C=O) groups excluding carboxylic acids is 1. The third kappa shape index (κ3) is 4.29. The van der Waals surface area contributed by atoms with Crippen molar-refractivity contribution in [3.8, 4) is 0 Å². The van der Waals surface area contributed by atoms with Crippen molar-refractivity contribution in [3.05, 3.63) is 0 Å². The molecule has 0 aliphatic carbocycles. The number of hydrogen-bond donors (Lipinski definition) is 1. The fourth-order valence-corrected chi connectivity index (χ4v) is 2.30. The first kappa shape index (κ1) is 15.0. The number of hydrogen-bond acceptors (Lipinski definition) is 3. The Morgan fingerprint density at radius 1 is 1.39 bits per heavy atom. The minimum atomic E-state index is -0.870. The molecule has 5 heteroatoms. The SMILES string of the molecule is COC1CC(CC(=O)O)N(C(=O)CC(C)(C)C)C1. The molecule has 1 heterocycles. The van der Waals surface area contributed by atoms with Gasteiger partial charge in [0.05, 0.1) is 12.5 Å². The molecule has 1 fully saturated rings. The van der Waals surface area contributed by atoms with Gasteiger partial charge in [0.1, 0.15) is 0 Å². The van der Waals surface area contributed by atoms with Crippen LogP contribution in [0.4, 0.5) is 0 Å². The van der Waals surface area contributed by atoms with Gasteiger partial charge in [-0.2, -0.15) is 0 Å². The summed E-state index contributed by atoms with van der Waals surface area (Å²) in [5, 5.41) is 8.89. The second kappa shape index (κ2) is 5.69. The summed E-state index contributed by atoms with van der Waals surface area (Å²) in [7, 11) is 1.60. The molecule has 2 atom stereocenters. The monoisotopic (exact) mass is 257 g/mol. The average molecular weight is 257 g/mol. The highest BCUT2D eigenvalue weighted by Gasteiger charge is 2.37. The summed E-state index contributed by atoms with van der Waals surface area (Å²) in [6.07, 6.45) is 0.992. The Morgan fingerprint density at radius 2 is 2.00 bits per heavy atom. The van der Waals surface area contributed by atoms with Crippen LogP contribution in [-0.4, -0.2) is 47.7 Å². The summed E-state index contributed by atoms with van der Waals surface area (Å²) >= 11 is 0. The summed E-state index contributed by atoms with van der Waals surface area (Å²) in [6.45, 7) is 6.51. The highest BCUT2D eigenvalue weighted by atomic mass is 16.5. The predicted octanol–water partition coefficient (Wildman–Crippen LogP) is 1.51. The van der Waals surface area contributed by atoms with Gasteiger partial charge in [-0.25, -0.2) is 0 Å². The van der Waals surface area contributed by atoms with Crippen molar-refractivity contribution in [3.63, 3.8) is 0 Å². The lowest BCUT2D eigenvalue weighted by Crippen LogP contribution is -2.39. The molecule has 0 aromatic rings. The number of rotatable bonds is 4. The van der Waals surface area contributed by atoms with Gasteiger partial charge in [0, 0.05) is 26.1 Å². The molecule has 1 amide bonds. The van der Waals surface area contributed by atoms with E-state index in [1.165, 1.54) is 0 Å². The molecule has 0 bridgehead atoms. The number of methoxy groups -OCH3 is 1. The Balaban J connectivity index is 2.70. The molecule has 1 aliphatic heterocycles. The molecule has 5 nitrogen and oxygen atoms in total. The van der Waals surface area contributed by atoms with Crippen molar-refractivity contribution in [1.82, 2.24) is 4.90 Å². The van der Waals surface area contributed by atoms with E-state index in [1.807, 2.05) is 20.8 Å². The zero-order chi connectivity index (χ0) is 13.9. The van der Waals surface area contributed by atoms with Crippen LogP contribution in [0.25, 0.3) is 0 Å². The maximum Gasteiger partial charge on any atom is 0.305 e. The molecular formula is C13H23NO4. The standard InChI is InChI=1S/C13H23NO4/c1-13(2,3)7-11(15)14-8-10(18-4)5-9(14)6-12(16)17/h9-10H,5-8H2,1-4H3,(H,16,17). The Labute approximate surface area is 108 Å². The van der Waals surface area contributed by atoms with Gasteiger partial charge >= 0.3 is 5.97 Å². The minimum absolute atomic E-state index is 0.00422. The molecule has 0 saturated carbocycles. The van der Waals surface area contributed by atoms with Gasteiger partial charge in [-0.15, -0.1) is 0 Å². The van der Waals surface area contributed by atoms with Crippen molar-refractivity contribution >= 4 is 11.9 Å². The second-order valence-corrected chi connectivity index (χ2v) is 6.13. The Hall–Kier alpha value is -1.10. The highest BCUT2D eigenvalue weighted by Crippen LogP contribution is 2.27. The van der Waals surface area contributed by atoms with Gasteiger partial charge in [-0.3, -0.25) is 9.59 Å². The number of nitrogens with zero attached hydrogens (tertiary/aromatic N) is 1. The Morgan fingerprint density at radius 3 is 2.44 bits per heavy atom. The van der Waals surface area contributed by atoms with E-state index in [1.54, 1.807) is 12.0 Å². The van der Waals surface area contributed by atoms with Gasteiger partial charge in [0.2, 0.25) is 5.91 Å². The number of aliphatic carboxylic acids is 1. The van der Waals surface area contributed by atoms with Crippen molar-refractivity contribution in [2.24, 2.45) is 5.41 Å². The smallest absolute Gasteiger partial charge is 0.305 e. The van der Waals surface area contributed by atoms with Crippen LogP contribution in [0.1, 0.15) is 40.0 Å². The first-order valence-electron chi connectivity index (χ1n) is 6.27.